The van der Waals surface area contributed by atoms with Gasteiger partial charge in [-0.05, 0) is 36.8 Å². The van der Waals surface area contributed by atoms with E-state index in [1.54, 1.807) is 17.6 Å². The van der Waals surface area contributed by atoms with Gasteiger partial charge in [-0.25, -0.2) is 13.4 Å². The Balaban J connectivity index is 1.32. The van der Waals surface area contributed by atoms with Crippen LogP contribution in [0, 0.1) is 5.92 Å². The van der Waals surface area contributed by atoms with Crippen molar-refractivity contribution < 1.29 is 17.9 Å². The van der Waals surface area contributed by atoms with Crippen LogP contribution in [-0.4, -0.2) is 43.3 Å². The molecule has 3 heterocycles. The van der Waals surface area contributed by atoms with E-state index in [0.717, 1.165) is 20.3 Å². The van der Waals surface area contributed by atoms with Gasteiger partial charge in [0, 0.05) is 35.2 Å². The topological polar surface area (TPSA) is 88.6 Å². The maximum Gasteiger partial charge on any atom is 0.246 e. The van der Waals surface area contributed by atoms with Crippen LogP contribution in [0.15, 0.2) is 45.2 Å². The third kappa shape index (κ3) is 3.41. The summed E-state index contributed by atoms with van der Waals surface area (Å²) < 4.78 is 35.4. The number of ether oxygens (including phenoxy) is 1. The molecular weight excluding hydrogens is 490 g/mol. The van der Waals surface area contributed by atoms with Gasteiger partial charge in [0.1, 0.15) is 10.6 Å². The second-order valence-electron chi connectivity index (χ2n) is 7.32. The molecule has 0 unspecified atom stereocenters. The quantitative estimate of drug-likeness (QED) is 0.582. The number of fused-ring (bicyclic) bond motifs is 2. The van der Waals surface area contributed by atoms with Gasteiger partial charge in [-0.15, -0.1) is 11.3 Å². The van der Waals surface area contributed by atoms with Crippen LogP contribution in [0.3, 0.4) is 0 Å². The lowest BCUT2D eigenvalue weighted by molar-refractivity contribution is -0.119. The number of halogens is 1. The van der Waals surface area contributed by atoms with Crippen LogP contribution < -0.4 is 10.1 Å². The molecular formula is C20H18BrN3O4S2. The van der Waals surface area contributed by atoms with Crippen LogP contribution in [0.25, 0.3) is 10.2 Å². The van der Waals surface area contributed by atoms with Crippen molar-refractivity contribution in [1.82, 2.24) is 9.29 Å². The molecule has 2 aliphatic rings. The van der Waals surface area contributed by atoms with E-state index in [4.69, 9.17) is 4.74 Å². The number of aromatic nitrogens is 1. The molecule has 156 valence electrons. The summed E-state index contributed by atoms with van der Waals surface area (Å²) in [4.78, 5) is 17.2. The molecule has 30 heavy (non-hydrogen) atoms. The summed E-state index contributed by atoms with van der Waals surface area (Å²) in [6, 6.07) is 8.90. The third-order valence-corrected chi connectivity index (χ3v) is 8.94. The molecule has 0 spiro atoms. The monoisotopic (exact) mass is 507 g/mol. The highest BCUT2D eigenvalue weighted by molar-refractivity contribution is 9.10. The number of carbonyl (C=O) groups is 1. The fraction of sp³-hybridized carbons (Fsp3) is 0.300. The minimum atomic E-state index is -3.74. The van der Waals surface area contributed by atoms with E-state index in [1.165, 1.54) is 15.6 Å². The largest absolute Gasteiger partial charge is 0.491 e. The lowest BCUT2D eigenvalue weighted by Gasteiger charge is -2.18. The first-order valence-electron chi connectivity index (χ1n) is 9.52. The molecule has 0 bridgehead atoms. The van der Waals surface area contributed by atoms with Gasteiger partial charge < -0.3 is 10.1 Å². The zero-order valence-electron chi connectivity index (χ0n) is 15.8. The summed E-state index contributed by atoms with van der Waals surface area (Å²) in [5.41, 5.74) is 4.14. The smallest absolute Gasteiger partial charge is 0.246 e. The Morgan fingerprint density at radius 2 is 2.17 bits per heavy atom. The van der Waals surface area contributed by atoms with Crippen LogP contribution in [0.4, 0.5) is 5.69 Å². The van der Waals surface area contributed by atoms with Gasteiger partial charge in [-0.2, -0.15) is 4.31 Å². The number of benzene rings is 2. The van der Waals surface area contributed by atoms with Crippen molar-refractivity contribution in [2.75, 3.05) is 25.0 Å². The zero-order valence-corrected chi connectivity index (χ0v) is 19.0. The highest BCUT2D eigenvalue weighted by Crippen LogP contribution is 2.39. The molecule has 1 N–H and O–H groups in total. The lowest BCUT2D eigenvalue weighted by atomic mass is 10.1. The van der Waals surface area contributed by atoms with Crippen LogP contribution in [0.1, 0.15) is 12.0 Å². The van der Waals surface area contributed by atoms with Crippen molar-refractivity contribution in [1.29, 1.82) is 0 Å². The van der Waals surface area contributed by atoms with E-state index < -0.39 is 15.9 Å². The summed E-state index contributed by atoms with van der Waals surface area (Å²) in [5, 5.41) is 2.90. The average molecular weight is 508 g/mol. The molecule has 3 aromatic rings. The first-order chi connectivity index (χ1) is 14.4. The molecule has 1 saturated heterocycles. The van der Waals surface area contributed by atoms with Crippen molar-refractivity contribution in [2.24, 2.45) is 5.92 Å². The fourth-order valence-electron chi connectivity index (χ4n) is 3.91. The van der Waals surface area contributed by atoms with Crippen LogP contribution in [0.5, 0.6) is 5.75 Å². The fourth-order valence-corrected chi connectivity index (χ4v) is 6.74. The summed E-state index contributed by atoms with van der Waals surface area (Å²) in [6.07, 6.45) is 1.15. The Morgan fingerprint density at radius 3 is 3.03 bits per heavy atom. The number of hydrogen-bond donors (Lipinski definition) is 1. The van der Waals surface area contributed by atoms with Crippen molar-refractivity contribution >= 4 is 59.1 Å². The first kappa shape index (κ1) is 19.9. The third-order valence-electron chi connectivity index (χ3n) is 5.50. The number of rotatable bonds is 4. The van der Waals surface area contributed by atoms with E-state index in [0.29, 0.717) is 37.4 Å². The van der Waals surface area contributed by atoms with Gasteiger partial charge in [0.05, 0.1) is 28.3 Å². The molecule has 1 fully saturated rings. The Labute approximate surface area is 186 Å². The minimum absolute atomic E-state index is 0.151. The Kier molecular flexibility index (Phi) is 5.04. The van der Waals surface area contributed by atoms with E-state index >= 15 is 0 Å². The molecule has 0 aliphatic carbocycles. The highest BCUT2D eigenvalue weighted by Gasteiger charge is 2.38. The summed E-state index contributed by atoms with van der Waals surface area (Å²) in [6.45, 7) is 0.920. The molecule has 0 saturated carbocycles. The molecule has 1 amide bonds. The zero-order chi connectivity index (χ0) is 20.9. The second kappa shape index (κ2) is 7.60. The molecule has 1 atom stereocenters. The lowest BCUT2D eigenvalue weighted by Crippen LogP contribution is -2.31. The van der Waals surface area contributed by atoms with Crippen molar-refractivity contribution in [3.05, 3.63) is 45.9 Å². The summed E-state index contributed by atoms with van der Waals surface area (Å²) in [7, 11) is -3.74. The van der Waals surface area contributed by atoms with E-state index in [-0.39, 0.29) is 17.3 Å². The molecule has 0 radical (unpaired) electrons. The Bertz CT molecular complexity index is 1260. The number of carbonyl (C=O) groups excluding carboxylic acids is 1. The number of anilines is 1. The predicted octanol–water partition coefficient (Wildman–Crippen LogP) is 3.64. The Morgan fingerprint density at radius 1 is 1.30 bits per heavy atom. The maximum absolute atomic E-state index is 13.2. The van der Waals surface area contributed by atoms with Crippen molar-refractivity contribution in [2.45, 2.75) is 17.7 Å². The summed E-state index contributed by atoms with van der Waals surface area (Å²) >= 11 is 5.00. The van der Waals surface area contributed by atoms with Gasteiger partial charge in [-0.3, -0.25) is 4.79 Å². The molecule has 2 aliphatic heterocycles. The molecule has 7 nitrogen and oxygen atoms in total. The molecule has 10 heteroatoms. The number of hydrogen-bond acceptors (Lipinski definition) is 6. The number of nitrogens with zero attached hydrogens (tertiary/aromatic N) is 2. The highest BCUT2D eigenvalue weighted by atomic mass is 79.9. The standard InChI is InChI=1S/C20H18BrN3O4S2/c21-15-2-4-18(19-14(15)6-8-28-19)30(26,27)24-7-5-12(10-24)20(25)23-13-1-3-17-16(9-13)22-11-29-17/h1-4,9,11-12H,5-8,10H2,(H,23,25)/t12-/m1/s1. The van der Waals surface area contributed by atoms with Gasteiger partial charge in [0.15, 0.2) is 0 Å². The number of amides is 1. The van der Waals surface area contributed by atoms with Gasteiger partial charge in [0.2, 0.25) is 15.9 Å². The summed E-state index contributed by atoms with van der Waals surface area (Å²) in [5.74, 6) is -0.163. The average Bonchev–Trinajstić information content (AvgIpc) is 3.47. The first-order valence-corrected chi connectivity index (χ1v) is 12.6. The SMILES string of the molecule is O=C(Nc1ccc2scnc2c1)[C@@H]1CCN(S(=O)(=O)c2ccc(Br)c3c2OCC3)C1. The normalized spacial score (nSPS) is 19.0. The van der Waals surface area contributed by atoms with Gasteiger partial charge in [0.25, 0.3) is 0 Å². The van der Waals surface area contributed by atoms with Crippen molar-refractivity contribution in [3.8, 4) is 5.75 Å². The van der Waals surface area contributed by atoms with E-state index in [9.17, 15) is 13.2 Å². The second-order valence-corrected chi connectivity index (χ2v) is 11.0. The van der Waals surface area contributed by atoms with Crippen LogP contribution >= 0.6 is 27.3 Å². The van der Waals surface area contributed by atoms with E-state index in [2.05, 4.69) is 26.2 Å². The molecule has 5 rings (SSSR count). The molecule has 1 aromatic heterocycles. The number of sulfonamides is 1. The maximum atomic E-state index is 13.2. The van der Waals surface area contributed by atoms with Gasteiger partial charge >= 0.3 is 0 Å². The molecule has 2 aromatic carbocycles. The predicted molar refractivity (Wildman–Crippen MR) is 118 cm³/mol. The number of nitrogens with one attached hydrogen (secondary N) is 1. The number of thiazole rings is 1. The van der Waals surface area contributed by atoms with Crippen molar-refractivity contribution in [3.63, 3.8) is 0 Å². The van der Waals surface area contributed by atoms with Gasteiger partial charge in [-0.1, -0.05) is 15.9 Å². The van der Waals surface area contributed by atoms with E-state index in [1.807, 2.05) is 18.2 Å². The van der Waals surface area contributed by atoms with Crippen LogP contribution in [0.2, 0.25) is 0 Å². The Hall–Kier alpha value is -2.01. The van der Waals surface area contributed by atoms with Crippen LogP contribution in [-0.2, 0) is 21.2 Å². The minimum Gasteiger partial charge on any atom is -0.491 e.